The third-order valence-corrected chi connectivity index (χ3v) is 4.16. The Morgan fingerprint density at radius 2 is 1.04 bits per heavy atom. The fourth-order valence-electron chi connectivity index (χ4n) is 2.97. The first kappa shape index (κ1) is 19.6. The summed E-state index contributed by atoms with van der Waals surface area (Å²) in [4.78, 5) is 32.2. The molecule has 2 N–H and O–H groups in total. The number of benzene rings is 2. The Kier molecular flexibility index (Phi) is 5.68. The average molecular weight is 383 g/mol. The molecule has 4 aromatic rings. The third-order valence-electron chi connectivity index (χ3n) is 4.16. The Labute approximate surface area is 196 Å². The van der Waals surface area contributed by atoms with Crippen molar-refractivity contribution in [2.45, 2.75) is 0 Å². The number of pyridine rings is 2. The molecule has 2 heterocycles. The molecule has 0 bridgehead atoms. The summed E-state index contributed by atoms with van der Waals surface area (Å²) >= 11 is 0. The number of hydrogen-bond donors (Lipinski definition) is 2. The molecule has 0 aliphatic heterocycles. The van der Waals surface area contributed by atoms with Gasteiger partial charge in [0.2, 0.25) is 0 Å². The van der Waals surface area contributed by atoms with E-state index >= 15 is 0 Å². The maximum Gasteiger partial charge on any atom is 0.336 e. The molecule has 0 atom stereocenters. The summed E-state index contributed by atoms with van der Waals surface area (Å²) in [6, 6.07) is 16.7. The van der Waals surface area contributed by atoms with Crippen molar-refractivity contribution in [1.82, 2.24) is 9.97 Å². The zero-order valence-electron chi connectivity index (χ0n) is 14.4. The molecular weight excluding hydrogens is 371 g/mol. The first-order chi connectivity index (χ1) is 12.5. The van der Waals surface area contributed by atoms with Gasteiger partial charge in [0.25, 0.3) is 0 Å². The van der Waals surface area contributed by atoms with Crippen LogP contribution in [0, 0.1) is 0 Å². The molecule has 0 amide bonds. The van der Waals surface area contributed by atoms with Gasteiger partial charge in [-0.05, 0) is 24.3 Å². The van der Waals surface area contributed by atoms with Gasteiger partial charge in [0.05, 0.1) is 33.5 Å². The topological polar surface area (TPSA) is 100 Å². The standard InChI is InChI=1S/C20H12N2O4.K/c23-19(24)13-9-17(21-15-7-3-1-5-11(13)15)18-10-14(20(25)26)12-6-2-4-8-16(12)22-18;/h1-10H,(H,23,24)(H,25,26);. The van der Waals surface area contributed by atoms with Gasteiger partial charge in [0, 0.05) is 62.2 Å². The van der Waals surface area contributed by atoms with Gasteiger partial charge < -0.3 is 10.2 Å². The zero-order valence-corrected chi connectivity index (χ0v) is 17.5. The van der Waals surface area contributed by atoms with Gasteiger partial charge >= 0.3 is 11.9 Å². The van der Waals surface area contributed by atoms with Crippen LogP contribution in [0.2, 0.25) is 0 Å². The number of fused-ring (bicyclic) bond motifs is 2. The van der Waals surface area contributed by atoms with Crippen LogP contribution in [0.15, 0.2) is 60.7 Å². The van der Waals surface area contributed by atoms with Crippen molar-refractivity contribution in [3.8, 4) is 11.4 Å². The molecule has 0 aliphatic rings. The number of carboxylic acids is 2. The minimum atomic E-state index is -1.08. The van der Waals surface area contributed by atoms with Crippen molar-refractivity contribution in [2.75, 3.05) is 0 Å². The first-order valence-corrected chi connectivity index (χ1v) is 7.81. The Hall–Kier alpha value is -2.16. The number of carbonyl (C=O) groups is 2. The molecule has 2 aromatic heterocycles. The summed E-state index contributed by atoms with van der Waals surface area (Å²) < 4.78 is 0. The van der Waals surface area contributed by atoms with Gasteiger partial charge in [-0.1, -0.05) is 36.4 Å². The smallest absolute Gasteiger partial charge is 0.336 e. The van der Waals surface area contributed by atoms with Crippen LogP contribution >= 0.6 is 0 Å². The summed E-state index contributed by atoms with van der Waals surface area (Å²) in [5.41, 5.74) is 1.84. The predicted molar refractivity (Wildman–Crippen MR) is 102 cm³/mol. The van der Waals surface area contributed by atoms with Crippen LogP contribution in [-0.4, -0.2) is 83.5 Å². The van der Waals surface area contributed by atoms with Crippen molar-refractivity contribution >= 4 is 85.1 Å². The van der Waals surface area contributed by atoms with E-state index in [1.54, 1.807) is 48.5 Å². The second kappa shape index (κ2) is 7.83. The van der Waals surface area contributed by atoms with Crippen LogP contribution in [0.25, 0.3) is 33.2 Å². The summed E-state index contributed by atoms with van der Waals surface area (Å²) in [5, 5.41) is 20.1. The van der Waals surface area contributed by atoms with Crippen LogP contribution < -0.4 is 0 Å². The van der Waals surface area contributed by atoms with E-state index in [0.717, 1.165) is 0 Å². The molecule has 0 saturated heterocycles. The van der Waals surface area contributed by atoms with Crippen LogP contribution in [0.1, 0.15) is 20.7 Å². The van der Waals surface area contributed by atoms with E-state index in [9.17, 15) is 19.8 Å². The average Bonchev–Trinajstić information content (AvgIpc) is 2.66. The number of carboxylic acid groups (broad SMARTS) is 2. The summed E-state index contributed by atoms with van der Waals surface area (Å²) in [6.45, 7) is 0. The molecule has 0 fully saturated rings. The molecule has 0 aliphatic carbocycles. The van der Waals surface area contributed by atoms with E-state index in [1.165, 1.54) is 12.1 Å². The van der Waals surface area contributed by atoms with Crippen molar-refractivity contribution in [2.24, 2.45) is 0 Å². The monoisotopic (exact) mass is 383 g/mol. The van der Waals surface area contributed by atoms with E-state index in [-0.39, 0.29) is 62.5 Å². The largest absolute Gasteiger partial charge is 0.478 e. The third kappa shape index (κ3) is 3.65. The van der Waals surface area contributed by atoms with Crippen molar-refractivity contribution in [1.29, 1.82) is 0 Å². The van der Waals surface area contributed by atoms with Crippen molar-refractivity contribution in [3.63, 3.8) is 0 Å². The van der Waals surface area contributed by atoms with Gasteiger partial charge in [0.1, 0.15) is 0 Å². The fourth-order valence-corrected chi connectivity index (χ4v) is 2.97. The second-order valence-corrected chi connectivity index (χ2v) is 5.75. The molecule has 0 unspecified atom stereocenters. The molecule has 127 valence electrons. The Bertz CT molecular complexity index is 1110. The molecule has 4 rings (SSSR count). The van der Waals surface area contributed by atoms with Crippen LogP contribution in [0.5, 0.6) is 0 Å². The van der Waals surface area contributed by atoms with Crippen LogP contribution in [0.4, 0.5) is 0 Å². The molecule has 2 aromatic carbocycles. The maximum atomic E-state index is 11.6. The molecule has 0 spiro atoms. The van der Waals surface area contributed by atoms with Gasteiger partial charge in [-0.2, -0.15) is 0 Å². The van der Waals surface area contributed by atoms with E-state index < -0.39 is 11.9 Å². The number of aromatic carboxylic acids is 2. The molecule has 0 saturated carbocycles. The molecule has 7 heteroatoms. The van der Waals surface area contributed by atoms with E-state index in [1.807, 2.05) is 0 Å². The number of hydrogen-bond acceptors (Lipinski definition) is 4. The fraction of sp³-hybridized carbons (Fsp3) is 0. The normalized spacial score (nSPS) is 10.5. The van der Waals surface area contributed by atoms with Crippen LogP contribution in [0.3, 0.4) is 0 Å². The van der Waals surface area contributed by atoms with Gasteiger partial charge in [-0.25, -0.2) is 19.6 Å². The number of rotatable bonds is 3. The van der Waals surface area contributed by atoms with Gasteiger partial charge in [-0.3, -0.25) is 0 Å². The SMILES string of the molecule is O=C(O)c1cc(-c2cc(C(=O)O)c3ccccc3n2)nc2ccccc12.[K]. The van der Waals surface area contributed by atoms with Gasteiger partial charge in [-0.15, -0.1) is 0 Å². The summed E-state index contributed by atoms with van der Waals surface area (Å²) in [5.74, 6) is -2.16. The molecule has 6 nitrogen and oxygen atoms in total. The zero-order chi connectivity index (χ0) is 18.3. The Morgan fingerprint density at radius 3 is 1.41 bits per heavy atom. The number of nitrogens with zero attached hydrogens (tertiary/aromatic N) is 2. The molecular formula is C20H12KN2O4. The maximum absolute atomic E-state index is 11.6. The predicted octanol–water partition coefficient (Wildman–Crippen LogP) is 3.47. The van der Waals surface area contributed by atoms with E-state index in [4.69, 9.17) is 0 Å². The first-order valence-electron chi connectivity index (χ1n) is 7.81. The molecule has 27 heavy (non-hydrogen) atoms. The minimum Gasteiger partial charge on any atom is -0.478 e. The second-order valence-electron chi connectivity index (χ2n) is 5.75. The number of aromatic nitrogens is 2. The molecule has 1 radical (unpaired) electrons. The summed E-state index contributed by atoms with van der Waals surface area (Å²) in [6.07, 6.45) is 0. The number of para-hydroxylation sites is 2. The van der Waals surface area contributed by atoms with Crippen molar-refractivity contribution in [3.05, 3.63) is 71.8 Å². The Morgan fingerprint density at radius 1 is 0.667 bits per heavy atom. The van der Waals surface area contributed by atoms with Crippen LogP contribution in [-0.2, 0) is 0 Å². The van der Waals surface area contributed by atoms with E-state index in [2.05, 4.69) is 9.97 Å². The Balaban J connectivity index is 0.00000210. The quantitative estimate of drug-likeness (QED) is 0.526. The minimum absolute atomic E-state index is 0. The van der Waals surface area contributed by atoms with E-state index in [0.29, 0.717) is 33.2 Å². The van der Waals surface area contributed by atoms with Gasteiger partial charge in [0.15, 0.2) is 0 Å². The van der Waals surface area contributed by atoms with Crippen molar-refractivity contribution < 1.29 is 19.8 Å². The summed E-state index contributed by atoms with van der Waals surface area (Å²) in [7, 11) is 0.